The zero-order valence-corrected chi connectivity index (χ0v) is 16.7. The van der Waals surface area contributed by atoms with Gasteiger partial charge in [0.1, 0.15) is 5.69 Å². The van der Waals surface area contributed by atoms with Gasteiger partial charge < -0.3 is 15.1 Å². The number of amides is 1. The number of hydrogen-bond donors (Lipinski definition) is 1. The smallest absolute Gasteiger partial charge is 0.272 e. The molecule has 4 fully saturated rings. The van der Waals surface area contributed by atoms with E-state index in [-0.39, 0.29) is 23.4 Å². The first kappa shape index (κ1) is 17.9. The second kappa shape index (κ2) is 6.71. The molecule has 6 nitrogen and oxygen atoms in total. The standard InChI is InChI=1S/C22H29N5O/c1-16(2)27-9-8-19(24-27)21(28)23-20-17-12-25-10-11-26(13-17)15-22(20,14-25)18-6-4-3-5-7-18/h3-9,16-17,20H,10-15H2,1-2H3,(H,23,28). The minimum atomic E-state index is -0.0603. The summed E-state index contributed by atoms with van der Waals surface area (Å²) in [4.78, 5) is 18.3. The van der Waals surface area contributed by atoms with Crippen molar-refractivity contribution >= 4 is 5.91 Å². The fraction of sp³-hybridized carbons (Fsp3) is 0.545. The lowest BCUT2D eigenvalue weighted by Crippen LogP contribution is -2.70. The average molecular weight is 380 g/mol. The minimum Gasteiger partial charge on any atom is -0.347 e. The summed E-state index contributed by atoms with van der Waals surface area (Å²) < 4.78 is 1.85. The molecule has 4 bridgehead atoms. The fourth-order valence-electron chi connectivity index (χ4n) is 5.53. The van der Waals surface area contributed by atoms with Crippen LogP contribution in [0.4, 0.5) is 0 Å². The van der Waals surface area contributed by atoms with Crippen molar-refractivity contribution in [3.8, 4) is 0 Å². The Bertz CT molecular complexity index is 845. The van der Waals surface area contributed by atoms with Crippen LogP contribution < -0.4 is 5.32 Å². The van der Waals surface area contributed by atoms with Crippen molar-refractivity contribution in [3.63, 3.8) is 0 Å². The molecule has 148 valence electrons. The van der Waals surface area contributed by atoms with E-state index in [0.29, 0.717) is 11.6 Å². The predicted octanol–water partition coefficient (Wildman–Crippen LogP) is 1.76. The van der Waals surface area contributed by atoms with Crippen LogP contribution in [0.3, 0.4) is 0 Å². The van der Waals surface area contributed by atoms with Crippen LogP contribution in [0.2, 0.25) is 0 Å². The van der Waals surface area contributed by atoms with Crippen LogP contribution in [0.25, 0.3) is 0 Å². The number of fused-ring (bicyclic) bond motifs is 1. The van der Waals surface area contributed by atoms with Crippen molar-refractivity contribution in [2.24, 2.45) is 5.92 Å². The molecule has 6 heteroatoms. The Kier molecular flexibility index (Phi) is 4.29. The van der Waals surface area contributed by atoms with Gasteiger partial charge in [0.05, 0.1) is 0 Å². The molecule has 4 saturated heterocycles. The molecule has 0 saturated carbocycles. The number of aromatic nitrogens is 2. The van der Waals surface area contributed by atoms with Crippen molar-refractivity contribution in [1.29, 1.82) is 0 Å². The van der Waals surface area contributed by atoms with Crippen molar-refractivity contribution in [3.05, 3.63) is 53.9 Å². The Labute approximate surface area is 166 Å². The van der Waals surface area contributed by atoms with E-state index in [0.717, 1.165) is 39.3 Å². The van der Waals surface area contributed by atoms with Crippen LogP contribution >= 0.6 is 0 Å². The number of benzene rings is 1. The van der Waals surface area contributed by atoms with Crippen LogP contribution in [-0.4, -0.2) is 70.8 Å². The first-order valence-electron chi connectivity index (χ1n) is 10.4. The van der Waals surface area contributed by atoms with Gasteiger partial charge in [0.25, 0.3) is 5.91 Å². The Morgan fingerprint density at radius 3 is 2.39 bits per heavy atom. The van der Waals surface area contributed by atoms with Gasteiger partial charge in [0.2, 0.25) is 0 Å². The molecule has 4 aliphatic rings. The summed E-state index contributed by atoms with van der Waals surface area (Å²) in [7, 11) is 0. The number of nitrogens with zero attached hydrogens (tertiary/aromatic N) is 4. The fourth-order valence-corrected chi connectivity index (χ4v) is 5.53. The second-order valence-electron chi connectivity index (χ2n) is 8.98. The molecule has 3 atom stereocenters. The van der Waals surface area contributed by atoms with Gasteiger partial charge >= 0.3 is 0 Å². The molecule has 4 aliphatic heterocycles. The molecule has 0 spiro atoms. The summed E-state index contributed by atoms with van der Waals surface area (Å²) >= 11 is 0. The van der Waals surface area contributed by atoms with Crippen molar-refractivity contribution in [2.75, 3.05) is 39.3 Å². The van der Waals surface area contributed by atoms with Crippen LogP contribution in [0, 0.1) is 5.92 Å². The lowest BCUT2D eigenvalue weighted by molar-refractivity contribution is 0.0179. The van der Waals surface area contributed by atoms with Gasteiger partial charge in [-0.15, -0.1) is 0 Å². The van der Waals surface area contributed by atoms with Gasteiger partial charge in [0.15, 0.2) is 0 Å². The van der Waals surface area contributed by atoms with E-state index in [1.54, 1.807) is 0 Å². The largest absolute Gasteiger partial charge is 0.347 e. The summed E-state index contributed by atoms with van der Waals surface area (Å²) in [5.74, 6) is 0.400. The molecule has 0 radical (unpaired) electrons. The van der Waals surface area contributed by atoms with E-state index < -0.39 is 0 Å². The van der Waals surface area contributed by atoms with Gasteiger partial charge in [-0.05, 0) is 25.5 Å². The van der Waals surface area contributed by atoms with E-state index in [1.807, 2.05) is 16.9 Å². The topological polar surface area (TPSA) is 53.4 Å². The SMILES string of the molecule is CC(C)n1ccc(C(=O)NC2C3CN4CCN(C3)CC2(c2ccccc2)C4)n1. The number of carbonyl (C=O) groups is 1. The lowest BCUT2D eigenvalue weighted by Gasteiger charge is -2.55. The van der Waals surface area contributed by atoms with Crippen molar-refractivity contribution in [1.82, 2.24) is 24.9 Å². The Hall–Kier alpha value is -2.18. The van der Waals surface area contributed by atoms with E-state index in [9.17, 15) is 4.79 Å². The van der Waals surface area contributed by atoms with Gasteiger partial charge in [-0.3, -0.25) is 9.48 Å². The molecule has 1 aromatic heterocycles. The molecular formula is C22H29N5O. The third-order valence-electron chi connectivity index (χ3n) is 6.80. The molecule has 5 heterocycles. The highest BCUT2D eigenvalue weighted by Gasteiger charge is 2.55. The normalized spacial score (nSPS) is 33.8. The quantitative estimate of drug-likeness (QED) is 0.880. The first-order valence-corrected chi connectivity index (χ1v) is 10.4. The molecule has 1 N–H and O–H groups in total. The highest BCUT2D eigenvalue weighted by molar-refractivity contribution is 5.92. The summed E-state index contributed by atoms with van der Waals surface area (Å²) in [6, 6.07) is 13.0. The van der Waals surface area contributed by atoms with Gasteiger partial charge in [0, 0.05) is 68.9 Å². The Morgan fingerprint density at radius 1 is 1.11 bits per heavy atom. The molecule has 6 rings (SSSR count). The number of piperidine rings is 2. The van der Waals surface area contributed by atoms with Gasteiger partial charge in [-0.2, -0.15) is 5.10 Å². The highest BCUT2D eigenvalue weighted by Crippen LogP contribution is 2.43. The van der Waals surface area contributed by atoms with E-state index in [1.165, 1.54) is 5.56 Å². The number of carbonyl (C=O) groups excluding carboxylic acids is 1. The molecule has 3 unspecified atom stereocenters. The van der Waals surface area contributed by atoms with Crippen LogP contribution in [-0.2, 0) is 5.41 Å². The van der Waals surface area contributed by atoms with Crippen LogP contribution in [0.15, 0.2) is 42.6 Å². The lowest BCUT2D eigenvalue weighted by atomic mass is 9.64. The molecule has 28 heavy (non-hydrogen) atoms. The zero-order chi connectivity index (χ0) is 19.3. The monoisotopic (exact) mass is 379 g/mol. The van der Waals surface area contributed by atoms with E-state index in [4.69, 9.17) is 0 Å². The molecule has 1 amide bonds. The number of nitrogens with one attached hydrogen (secondary N) is 1. The summed E-state index contributed by atoms with van der Waals surface area (Å²) in [6.45, 7) is 10.6. The first-order chi connectivity index (χ1) is 13.5. The summed E-state index contributed by atoms with van der Waals surface area (Å²) in [5.41, 5.74) is 1.80. The second-order valence-corrected chi connectivity index (χ2v) is 8.98. The van der Waals surface area contributed by atoms with Crippen LogP contribution in [0.5, 0.6) is 0 Å². The predicted molar refractivity (Wildman–Crippen MR) is 108 cm³/mol. The molecule has 1 aromatic carbocycles. The number of hydrogen-bond acceptors (Lipinski definition) is 4. The zero-order valence-electron chi connectivity index (χ0n) is 16.7. The molecule has 0 aliphatic carbocycles. The highest BCUT2D eigenvalue weighted by atomic mass is 16.2. The Morgan fingerprint density at radius 2 is 1.79 bits per heavy atom. The van der Waals surface area contributed by atoms with E-state index in [2.05, 4.69) is 64.4 Å². The maximum absolute atomic E-state index is 13.1. The van der Waals surface area contributed by atoms with E-state index >= 15 is 0 Å². The van der Waals surface area contributed by atoms with Gasteiger partial charge in [-0.1, -0.05) is 30.3 Å². The molecule has 2 aromatic rings. The average Bonchev–Trinajstić information content (AvgIpc) is 3.06. The van der Waals surface area contributed by atoms with Crippen molar-refractivity contribution in [2.45, 2.75) is 31.3 Å². The third kappa shape index (κ3) is 2.86. The van der Waals surface area contributed by atoms with Crippen LogP contribution in [0.1, 0.15) is 35.9 Å². The van der Waals surface area contributed by atoms with Gasteiger partial charge in [-0.25, -0.2) is 0 Å². The Balaban J connectivity index is 1.49. The maximum atomic E-state index is 13.1. The summed E-state index contributed by atoms with van der Waals surface area (Å²) in [5, 5.41) is 7.92. The third-order valence-corrected chi connectivity index (χ3v) is 6.80. The summed E-state index contributed by atoms with van der Waals surface area (Å²) in [6.07, 6.45) is 1.89. The minimum absolute atomic E-state index is 0.0455. The maximum Gasteiger partial charge on any atom is 0.272 e. The van der Waals surface area contributed by atoms with Crippen molar-refractivity contribution < 1.29 is 4.79 Å². The molecular weight excluding hydrogens is 350 g/mol. The number of rotatable bonds is 4.